The molecule has 1 atom stereocenters. The predicted octanol–water partition coefficient (Wildman–Crippen LogP) is 2.03. The van der Waals surface area contributed by atoms with E-state index in [9.17, 15) is 4.79 Å². The van der Waals surface area contributed by atoms with E-state index in [0.717, 1.165) is 0 Å². The van der Waals surface area contributed by atoms with Crippen LogP contribution in [-0.4, -0.2) is 58.8 Å². The summed E-state index contributed by atoms with van der Waals surface area (Å²) in [5.41, 5.74) is 0. The highest BCUT2D eigenvalue weighted by Crippen LogP contribution is 2.22. The van der Waals surface area contributed by atoms with Gasteiger partial charge in [-0.05, 0) is 13.8 Å². The summed E-state index contributed by atoms with van der Waals surface area (Å²) in [6.07, 6.45) is -0.311. The second-order valence-corrected chi connectivity index (χ2v) is 5.41. The summed E-state index contributed by atoms with van der Waals surface area (Å²) in [4.78, 5) is 20.3. The second-order valence-electron chi connectivity index (χ2n) is 5.41. The molecule has 7 heteroatoms. The van der Waals surface area contributed by atoms with E-state index in [1.54, 1.807) is 9.80 Å². The van der Waals surface area contributed by atoms with E-state index in [1.807, 2.05) is 27.7 Å². The molecule has 0 unspecified atom stereocenters. The van der Waals surface area contributed by atoms with Gasteiger partial charge in [0.15, 0.2) is 0 Å². The van der Waals surface area contributed by atoms with Crippen LogP contribution in [0.15, 0.2) is 4.52 Å². The number of urea groups is 1. The average molecular weight is 296 g/mol. The lowest BCUT2D eigenvalue weighted by Crippen LogP contribution is -2.49. The highest BCUT2D eigenvalue weighted by Gasteiger charge is 2.30. The Kier molecular flexibility index (Phi) is 5.17. The van der Waals surface area contributed by atoms with Gasteiger partial charge in [-0.3, -0.25) is 0 Å². The van der Waals surface area contributed by atoms with Crippen LogP contribution in [0.4, 0.5) is 4.79 Å². The Hall–Kier alpha value is -1.63. The SMILES string of the molecule is CCN(CC)C(=O)N1CCO[C@@H](c2noc(C(C)C)n2)C1. The first-order valence-corrected chi connectivity index (χ1v) is 7.55. The lowest BCUT2D eigenvalue weighted by molar-refractivity contribution is -0.0254. The van der Waals surface area contributed by atoms with Gasteiger partial charge < -0.3 is 19.1 Å². The number of rotatable bonds is 4. The number of amides is 2. The fourth-order valence-corrected chi connectivity index (χ4v) is 2.29. The molecule has 2 heterocycles. The molecule has 0 saturated carbocycles. The molecule has 0 radical (unpaired) electrons. The Morgan fingerprint density at radius 2 is 2.14 bits per heavy atom. The van der Waals surface area contributed by atoms with Gasteiger partial charge >= 0.3 is 6.03 Å². The molecule has 0 aromatic carbocycles. The molecule has 1 aliphatic heterocycles. The van der Waals surface area contributed by atoms with Crippen molar-refractivity contribution in [3.8, 4) is 0 Å². The van der Waals surface area contributed by atoms with Crippen LogP contribution in [0, 0.1) is 0 Å². The van der Waals surface area contributed by atoms with E-state index in [2.05, 4.69) is 10.1 Å². The normalized spacial score (nSPS) is 19.1. The number of aromatic nitrogens is 2. The number of ether oxygens (including phenoxy) is 1. The zero-order chi connectivity index (χ0) is 15.4. The standard InChI is InChI=1S/C14H24N4O3/c1-5-17(6-2)14(19)18-7-8-20-11(9-18)12-15-13(10(3)4)21-16-12/h10-11H,5-9H2,1-4H3/t11-/m1/s1. The molecule has 1 saturated heterocycles. The van der Waals surface area contributed by atoms with Gasteiger partial charge in [-0.15, -0.1) is 0 Å². The Morgan fingerprint density at radius 3 is 2.71 bits per heavy atom. The van der Waals surface area contributed by atoms with Crippen molar-refractivity contribution in [1.29, 1.82) is 0 Å². The van der Waals surface area contributed by atoms with Crippen molar-refractivity contribution in [3.63, 3.8) is 0 Å². The molecule has 21 heavy (non-hydrogen) atoms. The predicted molar refractivity (Wildman–Crippen MR) is 77.0 cm³/mol. The van der Waals surface area contributed by atoms with Crippen LogP contribution >= 0.6 is 0 Å². The van der Waals surface area contributed by atoms with Gasteiger partial charge in [0.25, 0.3) is 0 Å². The van der Waals surface area contributed by atoms with E-state index in [-0.39, 0.29) is 18.1 Å². The molecule has 0 N–H and O–H groups in total. The molecular weight excluding hydrogens is 272 g/mol. The third-order valence-electron chi connectivity index (χ3n) is 3.61. The third kappa shape index (κ3) is 3.53. The maximum atomic E-state index is 12.4. The van der Waals surface area contributed by atoms with Crippen LogP contribution in [0.5, 0.6) is 0 Å². The van der Waals surface area contributed by atoms with Gasteiger partial charge in [-0.25, -0.2) is 4.79 Å². The fourth-order valence-electron chi connectivity index (χ4n) is 2.29. The van der Waals surface area contributed by atoms with Crippen molar-refractivity contribution < 1.29 is 14.1 Å². The maximum Gasteiger partial charge on any atom is 0.320 e. The third-order valence-corrected chi connectivity index (χ3v) is 3.61. The summed E-state index contributed by atoms with van der Waals surface area (Å²) in [7, 11) is 0. The van der Waals surface area contributed by atoms with Gasteiger partial charge in [0, 0.05) is 25.6 Å². The molecule has 1 aliphatic rings. The number of morpholine rings is 1. The van der Waals surface area contributed by atoms with Crippen LogP contribution in [-0.2, 0) is 4.74 Å². The molecule has 2 rings (SSSR count). The van der Waals surface area contributed by atoms with Crippen molar-refractivity contribution in [2.75, 3.05) is 32.8 Å². The first-order valence-electron chi connectivity index (χ1n) is 7.55. The van der Waals surface area contributed by atoms with E-state index in [4.69, 9.17) is 9.26 Å². The van der Waals surface area contributed by atoms with Gasteiger partial charge in [0.1, 0.15) is 6.10 Å². The summed E-state index contributed by atoms with van der Waals surface area (Å²) in [5, 5.41) is 3.98. The quantitative estimate of drug-likeness (QED) is 0.850. The van der Waals surface area contributed by atoms with Crippen molar-refractivity contribution in [2.45, 2.75) is 39.7 Å². The first kappa shape index (κ1) is 15.8. The average Bonchev–Trinajstić information content (AvgIpc) is 2.98. The van der Waals surface area contributed by atoms with Gasteiger partial charge in [-0.2, -0.15) is 4.98 Å². The molecule has 0 aliphatic carbocycles. The molecule has 1 aromatic rings. The second kappa shape index (κ2) is 6.89. The van der Waals surface area contributed by atoms with Crippen molar-refractivity contribution in [3.05, 3.63) is 11.7 Å². The van der Waals surface area contributed by atoms with Crippen LogP contribution in [0.25, 0.3) is 0 Å². The molecule has 2 amide bonds. The van der Waals surface area contributed by atoms with Crippen LogP contribution in [0.1, 0.15) is 51.4 Å². The largest absolute Gasteiger partial charge is 0.366 e. The first-order chi connectivity index (χ1) is 10.1. The molecule has 7 nitrogen and oxygen atoms in total. The highest BCUT2D eigenvalue weighted by atomic mass is 16.5. The minimum absolute atomic E-state index is 0.0425. The van der Waals surface area contributed by atoms with Gasteiger partial charge in [-0.1, -0.05) is 19.0 Å². The van der Waals surface area contributed by atoms with Crippen LogP contribution < -0.4 is 0 Å². The summed E-state index contributed by atoms with van der Waals surface area (Å²) in [6.45, 7) is 10.9. The van der Waals surface area contributed by atoms with E-state index >= 15 is 0 Å². The Bertz CT molecular complexity index is 471. The van der Waals surface area contributed by atoms with E-state index in [1.165, 1.54) is 0 Å². The minimum atomic E-state index is -0.311. The monoisotopic (exact) mass is 296 g/mol. The lowest BCUT2D eigenvalue weighted by Gasteiger charge is -2.34. The lowest BCUT2D eigenvalue weighted by atomic mass is 10.2. The summed E-state index contributed by atoms with van der Waals surface area (Å²) < 4.78 is 10.9. The smallest absolute Gasteiger partial charge is 0.320 e. The van der Waals surface area contributed by atoms with Gasteiger partial charge in [0.2, 0.25) is 11.7 Å². The van der Waals surface area contributed by atoms with Crippen molar-refractivity contribution in [1.82, 2.24) is 19.9 Å². The van der Waals surface area contributed by atoms with Crippen LogP contribution in [0.2, 0.25) is 0 Å². The zero-order valence-electron chi connectivity index (χ0n) is 13.2. The zero-order valence-corrected chi connectivity index (χ0v) is 13.2. The molecular formula is C14H24N4O3. The highest BCUT2D eigenvalue weighted by molar-refractivity contribution is 5.74. The van der Waals surface area contributed by atoms with E-state index in [0.29, 0.717) is 44.5 Å². The van der Waals surface area contributed by atoms with Crippen molar-refractivity contribution in [2.24, 2.45) is 0 Å². The van der Waals surface area contributed by atoms with Crippen LogP contribution in [0.3, 0.4) is 0 Å². The minimum Gasteiger partial charge on any atom is -0.366 e. The topological polar surface area (TPSA) is 71.7 Å². The maximum absolute atomic E-state index is 12.4. The summed E-state index contributed by atoms with van der Waals surface area (Å²) >= 11 is 0. The molecule has 0 bridgehead atoms. The number of carbonyl (C=O) groups excluding carboxylic acids is 1. The Morgan fingerprint density at radius 1 is 1.43 bits per heavy atom. The van der Waals surface area contributed by atoms with Gasteiger partial charge in [0.05, 0.1) is 13.2 Å². The Labute approximate surface area is 125 Å². The molecule has 1 fully saturated rings. The Balaban J connectivity index is 2.04. The molecule has 118 valence electrons. The molecule has 0 spiro atoms. The fraction of sp³-hybridized carbons (Fsp3) is 0.786. The number of hydrogen-bond acceptors (Lipinski definition) is 5. The number of carbonyl (C=O) groups is 1. The summed E-state index contributed by atoms with van der Waals surface area (Å²) in [6, 6.07) is 0.0425. The number of hydrogen-bond donors (Lipinski definition) is 0. The number of nitrogens with zero attached hydrogens (tertiary/aromatic N) is 4. The van der Waals surface area contributed by atoms with E-state index < -0.39 is 0 Å². The van der Waals surface area contributed by atoms with Crippen molar-refractivity contribution >= 4 is 6.03 Å². The molecule has 1 aromatic heterocycles. The summed E-state index contributed by atoms with van der Waals surface area (Å²) in [5.74, 6) is 1.31.